The first-order valence-electron chi connectivity index (χ1n) is 5.95. The molecule has 0 spiro atoms. The Morgan fingerprint density at radius 3 is 2.45 bits per heavy atom. The number of anilines is 1. The van der Waals surface area contributed by atoms with E-state index in [1.54, 1.807) is 12.1 Å². The zero-order valence-corrected chi connectivity index (χ0v) is 12.2. The van der Waals surface area contributed by atoms with Gasteiger partial charge in [0.25, 0.3) is 0 Å². The van der Waals surface area contributed by atoms with Gasteiger partial charge in [-0.2, -0.15) is 0 Å². The van der Waals surface area contributed by atoms with Crippen molar-refractivity contribution < 1.29 is 13.2 Å². The quantitative estimate of drug-likeness (QED) is 0.862. The van der Waals surface area contributed by atoms with Gasteiger partial charge in [0.2, 0.25) is 0 Å². The molecule has 2 aromatic carbocycles. The molecule has 106 valence electrons. The van der Waals surface area contributed by atoms with Crippen LogP contribution in [0.4, 0.5) is 5.69 Å². The molecule has 2 aromatic rings. The van der Waals surface area contributed by atoms with Crippen molar-refractivity contribution in [1.29, 1.82) is 0 Å². The maximum atomic E-state index is 12.1. The summed E-state index contributed by atoms with van der Waals surface area (Å²) in [4.78, 5) is 0.0741. The van der Waals surface area contributed by atoms with Crippen LogP contribution in [-0.2, 0) is 9.84 Å². The maximum absolute atomic E-state index is 12.1. The van der Waals surface area contributed by atoms with E-state index in [9.17, 15) is 8.42 Å². The van der Waals surface area contributed by atoms with E-state index in [1.165, 1.54) is 18.2 Å². The Morgan fingerprint density at radius 2 is 1.80 bits per heavy atom. The number of benzene rings is 2. The fraction of sp³-hybridized carbons (Fsp3) is 0.143. The van der Waals surface area contributed by atoms with Gasteiger partial charge in [-0.05, 0) is 30.3 Å². The van der Waals surface area contributed by atoms with E-state index in [0.717, 1.165) is 0 Å². The molecule has 0 aromatic heterocycles. The Bertz CT molecular complexity index is 687. The van der Waals surface area contributed by atoms with E-state index in [-0.39, 0.29) is 22.3 Å². The summed E-state index contributed by atoms with van der Waals surface area (Å²) in [5, 5.41) is 0.129. The molecule has 0 aliphatic rings. The number of sulfone groups is 1. The van der Waals surface area contributed by atoms with Crippen LogP contribution in [0.5, 0.6) is 5.75 Å². The van der Waals surface area contributed by atoms with Gasteiger partial charge < -0.3 is 10.5 Å². The first kappa shape index (κ1) is 14.7. The van der Waals surface area contributed by atoms with Crippen molar-refractivity contribution in [3.05, 3.63) is 53.6 Å². The molecule has 0 aliphatic carbocycles. The number of hydrogen-bond donors (Lipinski definition) is 1. The molecular formula is C14H14ClNO3S. The Kier molecular flexibility index (Phi) is 4.52. The average molecular weight is 312 g/mol. The minimum atomic E-state index is -3.49. The fourth-order valence-corrected chi connectivity index (χ4v) is 3.36. The standard InChI is InChI=1S/C14H14ClNO3S/c15-13-10-11(16)6-7-14(13)20(17,18)9-8-19-12-4-2-1-3-5-12/h1-7,10H,8-9,16H2. The number of halogens is 1. The van der Waals surface area contributed by atoms with Crippen molar-refractivity contribution in [1.82, 2.24) is 0 Å². The van der Waals surface area contributed by atoms with E-state index >= 15 is 0 Å². The molecule has 0 saturated heterocycles. The Labute approximate surface area is 123 Å². The van der Waals surface area contributed by atoms with Crippen LogP contribution in [0.3, 0.4) is 0 Å². The van der Waals surface area contributed by atoms with Crippen molar-refractivity contribution >= 4 is 27.1 Å². The van der Waals surface area contributed by atoms with Crippen LogP contribution < -0.4 is 10.5 Å². The lowest BCUT2D eigenvalue weighted by Gasteiger charge is -2.08. The van der Waals surface area contributed by atoms with Gasteiger partial charge in [-0.25, -0.2) is 8.42 Å². The zero-order chi connectivity index (χ0) is 14.6. The molecule has 0 unspecified atom stereocenters. The van der Waals surface area contributed by atoms with Crippen LogP contribution in [-0.4, -0.2) is 20.8 Å². The molecule has 0 heterocycles. The second-order valence-electron chi connectivity index (χ2n) is 4.17. The van der Waals surface area contributed by atoms with Gasteiger partial charge in [-0.3, -0.25) is 0 Å². The monoisotopic (exact) mass is 311 g/mol. The third-order valence-corrected chi connectivity index (χ3v) is 4.81. The van der Waals surface area contributed by atoms with Crippen molar-refractivity contribution in [2.45, 2.75) is 4.90 Å². The third kappa shape index (κ3) is 3.65. The number of hydrogen-bond acceptors (Lipinski definition) is 4. The largest absolute Gasteiger partial charge is 0.493 e. The summed E-state index contributed by atoms with van der Waals surface area (Å²) >= 11 is 5.91. The summed E-state index contributed by atoms with van der Waals surface area (Å²) in [6.45, 7) is 0.0626. The lowest BCUT2D eigenvalue weighted by molar-refractivity contribution is 0.341. The summed E-state index contributed by atoms with van der Waals surface area (Å²) < 4.78 is 29.7. The Morgan fingerprint density at radius 1 is 1.10 bits per heavy atom. The van der Waals surface area contributed by atoms with Crippen LogP contribution in [0.15, 0.2) is 53.4 Å². The van der Waals surface area contributed by atoms with Crippen LogP contribution in [0, 0.1) is 0 Å². The van der Waals surface area contributed by atoms with Crippen LogP contribution in [0.2, 0.25) is 5.02 Å². The zero-order valence-electron chi connectivity index (χ0n) is 10.6. The predicted octanol–water partition coefficient (Wildman–Crippen LogP) is 2.77. The lowest BCUT2D eigenvalue weighted by Crippen LogP contribution is -2.14. The van der Waals surface area contributed by atoms with Crippen LogP contribution in [0.25, 0.3) is 0 Å². The smallest absolute Gasteiger partial charge is 0.183 e. The molecule has 0 radical (unpaired) electrons. The van der Waals surface area contributed by atoms with Gasteiger partial charge in [-0.15, -0.1) is 0 Å². The highest BCUT2D eigenvalue weighted by atomic mass is 35.5. The molecule has 2 rings (SSSR count). The van der Waals surface area contributed by atoms with Gasteiger partial charge >= 0.3 is 0 Å². The van der Waals surface area contributed by atoms with Gasteiger partial charge in [0.05, 0.1) is 15.7 Å². The topological polar surface area (TPSA) is 69.4 Å². The van der Waals surface area contributed by atoms with E-state index in [0.29, 0.717) is 11.4 Å². The minimum Gasteiger partial charge on any atom is -0.493 e. The molecule has 0 fully saturated rings. The van der Waals surface area contributed by atoms with Gasteiger partial charge in [0, 0.05) is 5.69 Å². The van der Waals surface area contributed by atoms with Crippen LogP contribution in [0.1, 0.15) is 0 Å². The third-order valence-electron chi connectivity index (χ3n) is 2.65. The minimum absolute atomic E-state index is 0.0626. The van der Waals surface area contributed by atoms with E-state index < -0.39 is 9.84 Å². The highest BCUT2D eigenvalue weighted by Crippen LogP contribution is 2.24. The highest BCUT2D eigenvalue weighted by molar-refractivity contribution is 7.91. The summed E-state index contributed by atoms with van der Waals surface area (Å²) in [5.74, 6) is 0.483. The second kappa shape index (κ2) is 6.15. The van der Waals surface area contributed by atoms with Crippen molar-refractivity contribution in [2.24, 2.45) is 0 Å². The van der Waals surface area contributed by atoms with Crippen LogP contribution >= 0.6 is 11.6 Å². The molecule has 0 saturated carbocycles. The van der Waals surface area contributed by atoms with E-state index in [4.69, 9.17) is 22.1 Å². The SMILES string of the molecule is Nc1ccc(S(=O)(=O)CCOc2ccccc2)c(Cl)c1. The summed E-state index contributed by atoms with van der Waals surface area (Å²) in [5.41, 5.74) is 5.97. The predicted molar refractivity (Wildman–Crippen MR) is 79.9 cm³/mol. The molecule has 2 N–H and O–H groups in total. The van der Waals surface area contributed by atoms with Crippen molar-refractivity contribution in [3.8, 4) is 5.75 Å². The number of para-hydroxylation sites is 1. The van der Waals surface area contributed by atoms with E-state index in [2.05, 4.69) is 0 Å². The number of ether oxygens (including phenoxy) is 1. The van der Waals surface area contributed by atoms with Crippen molar-refractivity contribution in [2.75, 3.05) is 18.1 Å². The number of nitrogen functional groups attached to an aromatic ring is 1. The average Bonchev–Trinajstić information content (AvgIpc) is 2.39. The summed E-state index contributed by atoms with van der Waals surface area (Å²) in [6, 6.07) is 13.4. The molecule has 20 heavy (non-hydrogen) atoms. The Hall–Kier alpha value is -1.72. The first-order valence-corrected chi connectivity index (χ1v) is 7.98. The second-order valence-corrected chi connectivity index (χ2v) is 6.66. The molecule has 0 aliphatic heterocycles. The molecule has 0 amide bonds. The summed E-state index contributed by atoms with van der Waals surface area (Å²) in [6.07, 6.45) is 0. The van der Waals surface area contributed by atoms with E-state index in [1.807, 2.05) is 18.2 Å². The highest BCUT2D eigenvalue weighted by Gasteiger charge is 2.18. The molecule has 4 nitrogen and oxygen atoms in total. The maximum Gasteiger partial charge on any atom is 0.183 e. The molecular weight excluding hydrogens is 298 g/mol. The first-order chi connectivity index (χ1) is 9.49. The Balaban J connectivity index is 2.04. The number of nitrogens with two attached hydrogens (primary N) is 1. The lowest BCUT2D eigenvalue weighted by atomic mass is 10.3. The molecule has 0 atom stereocenters. The van der Waals surface area contributed by atoms with Gasteiger partial charge in [0.15, 0.2) is 9.84 Å². The van der Waals surface area contributed by atoms with Gasteiger partial charge in [0.1, 0.15) is 12.4 Å². The van der Waals surface area contributed by atoms with Crippen molar-refractivity contribution in [3.63, 3.8) is 0 Å². The van der Waals surface area contributed by atoms with Gasteiger partial charge in [-0.1, -0.05) is 29.8 Å². The normalized spacial score (nSPS) is 11.2. The fourth-order valence-electron chi connectivity index (χ4n) is 1.67. The molecule has 6 heteroatoms. The summed E-state index contributed by atoms with van der Waals surface area (Å²) in [7, 11) is -3.49. The molecule has 0 bridgehead atoms. The number of rotatable bonds is 5.